The van der Waals surface area contributed by atoms with E-state index in [1.807, 2.05) is 12.1 Å². The van der Waals surface area contributed by atoms with Crippen LogP contribution in [0.15, 0.2) is 22.6 Å². The Morgan fingerprint density at radius 2 is 2.00 bits per heavy atom. The molecule has 1 heterocycles. The van der Waals surface area contributed by atoms with Gasteiger partial charge in [-0.3, -0.25) is 0 Å². The minimum atomic E-state index is -0.506. The van der Waals surface area contributed by atoms with Crippen molar-refractivity contribution >= 4 is 11.0 Å². The molecule has 3 rings (SSSR count). The predicted molar refractivity (Wildman–Crippen MR) is 67.0 cm³/mol. The average molecular weight is 248 g/mol. The molecule has 1 unspecified atom stereocenters. The van der Waals surface area contributed by atoms with E-state index in [2.05, 4.69) is 0 Å². The molecule has 1 saturated carbocycles. The Bertz CT molecular complexity index is 568. The van der Waals surface area contributed by atoms with E-state index in [0.29, 0.717) is 28.8 Å². The summed E-state index contributed by atoms with van der Waals surface area (Å²) in [5, 5.41) is 11.0. The molecule has 4 nitrogen and oxygen atoms in total. The van der Waals surface area contributed by atoms with Gasteiger partial charge in [0.1, 0.15) is 28.9 Å². The summed E-state index contributed by atoms with van der Waals surface area (Å²) in [6.45, 7) is 0. The van der Waals surface area contributed by atoms with E-state index >= 15 is 0 Å². The molecule has 0 amide bonds. The van der Waals surface area contributed by atoms with E-state index in [0.717, 1.165) is 18.2 Å². The normalized spacial score (nSPS) is 16.8. The number of ether oxygens (including phenoxy) is 2. The highest BCUT2D eigenvalue weighted by Gasteiger charge is 2.33. The molecule has 1 fully saturated rings. The first kappa shape index (κ1) is 11.4. The number of furan rings is 1. The van der Waals surface area contributed by atoms with Crippen molar-refractivity contribution in [2.45, 2.75) is 18.9 Å². The van der Waals surface area contributed by atoms with Gasteiger partial charge < -0.3 is 19.0 Å². The highest BCUT2D eigenvalue weighted by molar-refractivity contribution is 5.86. The number of fused-ring (bicyclic) bond motifs is 1. The van der Waals surface area contributed by atoms with E-state index in [1.54, 1.807) is 20.3 Å². The summed E-state index contributed by atoms with van der Waals surface area (Å²) in [5.41, 5.74) is 0.681. The molecule has 0 aliphatic heterocycles. The Morgan fingerprint density at radius 1 is 1.22 bits per heavy atom. The molecular formula is C14H16O4. The van der Waals surface area contributed by atoms with Crippen LogP contribution < -0.4 is 9.47 Å². The Kier molecular flexibility index (Phi) is 2.67. The molecule has 1 atom stereocenters. The highest BCUT2D eigenvalue weighted by atomic mass is 16.5. The second kappa shape index (κ2) is 4.21. The molecule has 0 spiro atoms. The lowest BCUT2D eigenvalue weighted by Gasteiger charge is -2.04. The molecule has 0 saturated heterocycles. The van der Waals surface area contributed by atoms with Gasteiger partial charge in [0.25, 0.3) is 0 Å². The monoisotopic (exact) mass is 248 g/mol. The summed E-state index contributed by atoms with van der Waals surface area (Å²) >= 11 is 0. The minimum Gasteiger partial charge on any atom is -0.496 e. The SMILES string of the molecule is COc1cc(OC)c2cc(C(O)C3CC3)oc2c1. The van der Waals surface area contributed by atoms with Crippen LogP contribution in [0.25, 0.3) is 11.0 Å². The quantitative estimate of drug-likeness (QED) is 0.903. The maximum absolute atomic E-state index is 10.1. The maximum Gasteiger partial charge on any atom is 0.141 e. The Hall–Kier alpha value is -1.68. The molecule has 1 aliphatic rings. The first-order valence-electron chi connectivity index (χ1n) is 6.06. The number of rotatable bonds is 4. The molecule has 1 aliphatic carbocycles. The molecule has 4 heteroatoms. The van der Waals surface area contributed by atoms with Crippen molar-refractivity contribution in [2.24, 2.45) is 5.92 Å². The third-order valence-corrected chi connectivity index (χ3v) is 3.41. The Labute approximate surface area is 105 Å². The van der Waals surface area contributed by atoms with Gasteiger partial charge in [0.05, 0.1) is 19.6 Å². The number of aliphatic hydroxyl groups is 1. The fraction of sp³-hybridized carbons (Fsp3) is 0.429. The lowest BCUT2D eigenvalue weighted by Crippen LogP contribution is -1.96. The molecule has 18 heavy (non-hydrogen) atoms. The van der Waals surface area contributed by atoms with Gasteiger partial charge in [0.15, 0.2) is 0 Å². The van der Waals surface area contributed by atoms with Crippen molar-refractivity contribution in [1.82, 2.24) is 0 Å². The predicted octanol–water partition coefficient (Wildman–Crippen LogP) is 2.89. The smallest absolute Gasteiger partial charge is 0.141 e. The summed E-state index contributed by atoms with van der Waals surface area (Å²) < 4.78 is 16.2. The molecule has 0 radical (unpaired) electrons. The number of aliphatic hydroxyl groups excluding tert-OH is 1. The molecule has 1 aromatic heterocycles. The van der Waals surface area contributed by atoms with Gasteiger partial charge >= 0.3 is 0 Å². The van der Waals surface area contributed by atoms with E-state index in [-0.39, 0.29) is 0 Å². The molecule has 96 valence electrons. The Balaban J connectivity index is 2.09. The summed E-state index contributed by atoms with van der Waals surface area (Å²) in [4.78, 5) is 0. The van der Waals surface area contributed by atoms with Crippen LogP contribution in [0.5, 0.6) is 11.5 Å². The van der Waals surface area contributed by atoms with Gasteiger partial charge in [-0.15, -0.1) is 0 Å². The standard InChI is InChI=1S/C14H16O4/c1-16-9-5-11(17-2)10-7-13(18-12(10)6-9)14(15)8-3-4-8/h5-8,14-15H,3-4H2,1-2H3. The molecular weight excluding hydrogens is 232 g/mol. The highest BCUT2D eigenvalue weighted by Crippen LogP contribution is 2.43. The van der Waals surface area contributed by atoms with Crippen LogP contribution in [-0.2, 0) is 0 Å². The van der Waals surface area contributed by atoms with Crippen molar-refractivity contribution < 1.29 is 19.0 Å². The lowest BCUT2D eigenvalue weighted by atomic mass is 10.1. The van der Waals surface area contributed by atoms with Gasteiger partial charge in [0.2, 0.25) is 0 Å². The van der Waals surface area contributed by atoms with Crippen molar-refractivity contribution in [3.63, 3.8) is 0 Å². The number of hydrogen-bond acceptors (Lipinski definition) is 4. The number of benzene rings is 1. The second-order valence-corrected chi connectivity index (χ2v) is 4.67. The van der Waals surface area contributed by atoms with E-state index in [4.69, 9.17) is 13.9 Å². The van der Waals surface area contributed by atoms with Crippen LogP contribution in [0.1, 0.15) is 24.7 Å². The molecule has 1 aromatic carbocycles. The van der Waals surface area contributed by atoms with Gasteiger partial charge in [0, 0.05) is 12.1 Å². The minimum absolute atomic E-state index is 0.346. The van der Waals surface area contributed by atoms with E-state index in [1.165, 1.54) is 0 Å². The first-order chi connectivity index (χ1) is 8.72. The number of methoxy groups -OCH3 is 2. The summed E-state index contributed by atoms with van der Waals surface area (Å²) in [6, 6.07) is 5.47. The average Bonchev–Trinajstić information content (AvgIpc) is 3.15. The van der Waals surface area contributed by atoms with Crippen LogP contribution in [0.3, 0.4) is 0 Å². The zero-order valence-electron chi connectivity index (χ0n) is 10.5. The fourth-order valence-electron chi connectivity index (χ4n) is 2.18. The fourth-order valence-corrected chi connectivity index (χ4v) is 2.18. The van der Waals surface area contributed by atoms with Gasteiger partial charge in [-0.2, -0.15) is 0 Å². The van der Waals surface area contributed by atoms with Gasteiger partial charge in [-0.1, -0.05) is 0 Å². The molecule has 1 N–H and O–H groups in total. The van der Waals surface area contributed by atoms with Crippen molar-refractivity contribution in [3.8, 4) is 11.5 Å². The van der Waals surface area contributed by atoms with Gasteiger partial charge in [-0.05, 0) is 24.8 Å². The number of hydrogen-bond donors (Lipinski definition) is 1. The third kappa shape index (κ3) is 1.82. The topological polar surface area (TPSA) is 51.8 Å². The zero-order chi connectivity index (χ0) is 12.7. The summed E-state index contributed by atoms with van der Waals surface area (Å²) in [5.74, 6) is 2.33. The van der Waals surface area contributed by atoms with Crippen LogP contribution in [-0.4, -0.2) is 19.3 Å². The first-order valence-corrected chi connectivity index (χ1v) is 6.06. The van der Waals surface area contributed by atoms with E-state index in [9.17, 15) is 5.11 Å². The van der Waals surface area contributed by atoms with Crippen molar-refractivity contribution in [2.75, 3.05) is 14.2 Å². The Morgan fingerprint density at radius 3 is 2.61 bits per heavy atom. The van der Waals surface area contributed by atoms with Gasteiger partial charge in [-0.25, -0.2) is 0 Å². The lowest BCUT2D eigenvalue weighted by molar-refractivity contribution is 0.129. The molecule has 0 bridgehead atoms. The van der Waals surface area contributed by atoms with Crippen LogP contribution in [0.2, 0.25) is 0 Å². The maximum atomic E-state index is 10.1. The summed E-state index contributed by atoms with van der Waals surface area (Å²) in [7, 11) is 3.21. The van der Waals surface area contributed by atoms with Crippen LogP contribution in [0.4, 0.5) is 0 Å². The van der Waals surface area contributed by atoms with Crippen LogP contribution >= 0.6 is 0 Å². The summed E-state index contributed by atoms with van der Waals surface area (Å²) in [6.07, 6.45) is 1.63. The van der Waals surface area contributed by atoms with Crippen molar-refractivity contribution in [3.05, 3.63) is 24.0 Å². The van der Waals surface area contributed by atoms with Crippen molar-refractivity contribution in [1.29, 1.82) is 0 Å². The van der Waals surface area contributed by atoms with Crippen LogP contribution in [0, 0.1) is 5.92 Å². The third-order valence-electron chi connectivity index (χ3n) is 3.41. The van der Waals surface area contributed by atoms with E-state index < -0.39 is 6.10 Å². The second-order valence-electron chi connectivity index (χ2n) is 4.67. The zero-order valence-corrected chi connectivity index (χ0v) is 10.5. The molecule has 2 aromatic rings. The largest absolute Gasteiger partial charge is 0.496 e.